The highest BCUT2D eigenvalue weighted by molar-refractivity contribution is 7.47. The van der Waals surface area contributed by atoms with Crippen LogP contribution >= 0.6 is 7.82 Å². The molecule has 20 nitrogen and oxygen atoms in total. The number of anilines is 1. The molecule has 1 aromatic heterocycles. The minimum atomic E-state index is -5.49. The minimum absolute atomic E-state index is 0.127. The maximum atomic E-state index is 13.0. The summed E-state index contributed by atoms with van der Waals surface area (Å²) in [6.07, 6.45) is -11.5. The van der Waals surface area contributed by atoms with Gasteiger partial charge in [0.2, 0.25) is 11.8 Å². The summed E-state index contributed by atoms with van der Waals surface area (Å²) in [7, 11) is -5.49. The number of phosphoric acid groups is 1. The van der Waals surface area contributed by atoms with Crippen molar-refractivity contribution in [3.63, 3.8) is 0 Å². The fraction of sp³-hybridized carbons (Fsp3) is 0.682. The fourth-order valence-electron chi connectivity index (χ4n) is 4.72. The molecular weight excluding hydrogens is 605 g/mol. The Hall–Kier alpha value is -3.04. The molecule has 2 amide bonds. The summed E-state index contributed by atoms with van der Waals surface area (Å²) in [4.78, 5) is 62.0. The topological polar surface area (TPSA) is 312 Å². The number of ether oxygens (including phenoxy) is 2. The van der Waals surface area contributed by atoms with Gasteiger partial charge in [-0.2, -0.15) is 4.98 Å². The van der Waals surface area contributed by atoms with E-state index in [0.717, 1.165) is 24.6 Å². The van der Waals surface area contributed by atoms with Gasteiger partial charge in [0.05, 0.1) is 30.9 Å². The Labute approximate surface area is 242 Å². The van der Waals surface area contributed by atoms with Gasteiger partial charge >= 0.3 is 19.5 Å². The van der Waals surface area contributed by atoms with E-state index in [0.29, 0.717) is 0 Å². The summed E-state index contributed by atoms with van der Waals surface area (Å²) in [6.45, 7) is 2.35. The Morgan fingerprint density at radius 2 is 1.91 bits per heavy atom. The molecule has 43 heavy (non-hydrogen) atoms. The maximum Gasteiger partial charge on any atom is 0.475 e. The standard InChI is InChI=1S/C22H34N5O15P/c1-8(28)14(24-9(2)29)18-15(25-10(3)30)11(31)6-22(41-18,20(34)35)42-43(37,38)39-7-12-16(32)17(33)19(40-12)27-5-4-13(23)26-21(27)36/h4-5,8,11-12,14-19,28,31-33H,6-7H2,1-3H3,(H,24,29)(H,25,30)(H,34,35)(H,37,38)(H2,23,26,36). The van der Waals surface area contributed by atoms with E-state index in [1.165, 1.54) is 13.0 Å². The van der Waals surface area contributed by atoms with Crippen LogP contribution in [-0.2, 0) is 37.5 Å². The molecule has 2 aliphatic rings. The number of phosphoric ester groups is 1. The number of carbonyl (C=O) groups excluding carboxylic acids is 2. The van der Waals surface area contributed by atoms with Crippen LogP contribution in [0.2, 0.25) is 0 Å². The Kier molecular flexibility index (Phi) is 10.7. The number of hydrogen-bond acceptors (Lipinski definition) is 15. The molecule has 3 rings (SSSR count). The third kappa shape index (κ3) is 7.92. The van der Waals surface area contributed by atoms with Gasteiger partial charge in [-0.05, 0) is 13.0 Å². The molecule has 3 heterocycles. The van der Waals surface area contributed by atoms with Crippen molar-refractivity contribution in [3.05, 3.63) is 22.7 Å². The van der Waals surface area contributed by atoms with Gasteiger partial charge in [0, 0.05) is 26.5 Å². The average Bonchev–Trinajstić information content (AvgIpc) is 3.15. The molecule has 21 heteroatoms. The maximum absolute atomic E-state index is 13.0. The molecule has 0 bridgehead atoms. The zero-order valence-electron chi connectivity index (χ0n) is 23.0. The van der Waals surface area contributed by atoms with Gasteiger partial charge in [-0.3, -0.25) is 18.7 Å². The lowest BCUT2D eigenvalue weighted by molar-refractivity contribution is -0.276. The molecule has 242 valence electrons. The first-order valence-corrected chi connectivity index (χ1v) is 14.2. The van der Waals surface area contributed by atoms with E-state index in [1.807, 2.05) is 0 Å². The van der Waals surface area contributed by atoms with Crippen molar-refractivity contribution < 1.29 is 67.9 Å². The fourth-order valence-corrected chi connectivity index (χ4v) is 5.67. The number of nitrogen functional groups attached to an aromatic ring is 1. The molecule has 11 unspecified atom stereocenters. The van der Waals surface area contributed by atoms with Gasteiger partial charge in [-0.15, -0.1) is 0 Å². The molecule has 0 spiro atoms. The van der Waals surface area contributed by atoms with Gasteiger partial charge in [-0.25, -0.2) is 18.7 Å². The van der Waals surface area contributed by atoms with Gasteiger partial charge in [-0.1, -0.05) is 0 Å². The number of amides is 2. The molecule has 0 saturated carbocycles. The van der Waals surface area contributed by atoms with Gasteiger partial charge in [0.15, 0.2) is 6.23 Å². The quantitative estimate of drug-likeness (QED) is 0.104. The van der Waals surface area contributed by atoms with Crippen molar-refractivity contribution in [2.45, 2.75) is 87.9 Å². The minimum Gasteiger partial charge on any atom is -0.477 e. The number of aromatic nitrogens is 2. The van der Waals surface area contributed by atoms with Crippen LogP contribution in [0, 0.1) is 0 Å². The number of carboxylic acid groups (broad SMARTS) is 1. The highest BCUT2D eigenvalue weighted by Crippen LogP contribution is 2.51. The number of nitrogens with one attached hydrogen (secondary N) is 2. The predicted molar refractivity (Wildman–Crippen MR) is 138 cm³/mol. The van der Waals surface area contributed by atoms with Crippen LogP contribution in [0.15, 0.2) is 17.1 Å². The SMILES string of the molecule is CC(=O)NC(C(C)O)C1OC(OP(=O)(O)OCC2OC(n3ccc(N)nc3=O)C(O)C2O)(C(=O)O)CC(O)C1NC(C)=O. The molecule has 0 aliphatic carbocycles. The van der Waals surface area contributed by atoms with E-state index in [9.17, 15) is 54.2 Å². The summed E-state index contributed by atoms with van der Waals surface area (Å²) in [5.41, 5.74) is 4.49. The second-order valence-electron chi connectivity index (χ2n) is 10.0. The van der Waals surface area contributed by atoms with E-state index in [-0.39, 0.29) is 5.82 Å². The Morgan fingerprint density at radius 1 is 1.26 bits per heavy atom. The van der Waals surface area contributed by atoms with Crippen molar-refractivity contribution in [2.75, 3.05) is 12.3 Å². The molecule has 0 aromatic carbocycles. The molecule has 2 aliphatic heterocycles. The molecule has 0 radical (unpaired) electrons. The highest BCUT2D eigenvalue weighted by atomic mass is 31.2. The first-order chi connectivity index (χ1) is 19.9. The highest BCUT2D eigenvalue weighted by Gasteiger charge is 2.59. The lowest BCUT2D eigenvalue weighted by Crippen LogP contribution is -2.69. The van der Waals surface area contributed by atoms with Crippen LogP contribution in [0.4, 0.5) is 5.82 Å². The van der Waals surface area contributed by atoms with Crippen LogP contribution < -0.4 is 22.1 Å². The number of nitrogens with zero attached hydrogens (tertiary/aromatic N) is 2. The number of nitrogens with two attached hydrogens (primary N) is 1. The van der Waals surface area contributed by atoms with Crippen molar-refractivity contribution >= 4 is 31.4 Å². The first kappa shape index (κ1) is 34.5. The lowest BCUT2D eigenvalue weighted by atomic mass is 9.87. The molecule has 1 aromatic rings. The van der Waals surface area contributed by atoms with Crippen LogP contribution in [-0.4, -0.2) is 119 Å². The summed E-state index contributed by atoms with van der Waals surface area (Å²) >= 11 is 0. The largest absolute Gasteiger partial charge is 0.477 e. The van der Waals surface area contributed by atoms with Crippen LogP contribution in [0.1, 0.15) is 33.4 Å². The van der Waals surface area contributed by atoms with Crippen LogP contribution in [0.25, 0.3) is 0 Å². The molecule has 2 saturated heterocycles. The Bertz CT molecular complexity index is 1290. The van der Waals surface area contributed by atoms with Crippen molar-refractivity contribution in [1.82, 2.24) is 20.2 Å². The number of aliphatic hydroxyl groups is 4. The van der Waals surface area contributed by atoms with E-state index < -0.39 is 105 Å². The normalized spacial score (nSPS) is 33.6. The van der Waals surface area contributed by atoms with Gasteiger partial charge in [0.1, 0.15) is 30.2 Å². The number of aliphatic hydroxyl groups excluding tert-OH is 4. The van der Waals surface area contributed by atoms with E-state index >= 15 is 0 Å². The number of aliphatic carboxylic acids is 1. The summed E-state index contributed by atoms with van der Waals surface area (Å²) in [5.74, 6) is -6.68. The van der Waals surface area contributed by atoms with E-state index in [4.69, 9.17) is 24.3 Å². The number of hydrogen-bond donors (Lipinski definition) is 9. The first-order valence-electron chi connectivity index (χ1n) is 12.7. The molecule has 10 N–H and O–H groups in total. The summed E-state index contributed by atoms with van der Waals surface area (Å²) in [6, 6.07) is -1.67. The van der Waals surface area contributed by atoms with E-state index in [2.05, 4.69) is 15.6 Å². The van der Waals surface area contributed by atoms with Crippen LogP contribution in [0.3, 0.4) is 0 Å². The van der Waals surface area contributed by atoms with Crippen molar-refractivity contribution in [2.24, 2.45) is 0 Å². The zero-order valence-corrected chi connectivity index (χ0v) is 23.9. The second kappa shape index (κ2) is 13.3. The van der Waals surface area contributed by atoms with Gasteiger partial charge < -0.3 is 56.3 Å². The van der Waals surface area contributed by atoms with Gasteiger partial charge in [0.25, 0.3) is 5.79 Å². The monoisotopic (exact) mass is 639 g/mol. The van der Waals surface area contributed by atoms with Crippen LogP contribution in [0.5, 0.6) is 0 Å². The smallest absolute Gasteiger partial charge is 0.475 e. The second-order valence-corrected chi connectivity index (χ2v) is 11.4. The summed E-state index contributed by atoms with van der Waals surface area (Å²) in [5, 5.41) is 56.5. The number of rotatable bonds is 11. The summed E-state index contributed by atoms with van der Waals surface area (Å²) < 4.78 is 34.4. The zero-order chi connectivity index (χ0) is 32.4. The van der Waals surface area contributed by atoms with E-state index in [1.54, 1.807) is 0 Å². The number of carbonyl (C=O) groups is 3. The average molecular weight is 640 g/mol. The third-order valence-electron chi connectivity index (χ3n) is 6.64. The molecule has 11 atom stereocenters. The third-order valence-corrected chi connectivity index (χ3v) is 7.64. The molecule has 2 fully saturated rings. The number of carboxylic acids is 1. The predicted octanol–water partition coefficient (Wildman–Crippen LogP) is -4.10. The lowest BCUT2D eigenvalue weighted by Gasteiger charge is -2.47. The Morgan fingerprint density at radius 3 is 2.44 bits per heavy atom. The van der Waals surface area contributed by atoms with Crippen molar-refractivity contribution in [3.8, 4) is 0 Å². The van der Waals surface area contributed by atoms with Crippen molar-refractivity contribution in [1.29, 1.82) is 0 Å². The Balaban J connectivity index is 1.83. The molecular formula is C22H34N5O15P.